The second kappa shape index (κ2) is 6.43. The van der Waals surface area contributed by atoms with Crippen molar-refractivity contribution in [3.63, 3.8) is 0 Å². The number of aryl methyl sites for hydroxylation is 1. The van der Waals surface area contributed by atoms with Crippen LogP contribution < -0.4 is 10.1 Å². The lowest BCUT2D eigenvalue weighted by Crippen LogP contribution is -2.44. The van der Waals surface area contributed by atoms with Crippen molar-refractivity contribution in [3.05, 3.63) is 53.2 Å². The molecule has 0 unspecified atom stereocenters. The summed E-state index contributed by atoms with van der Waals surface area (Å²) in [6, 6.07) is 6.77. The van der Waals surface area contributed by atoms with Gasteiger partial charge in [0.15, 0.2) is 0 Å². The molecule has 1 aromatic carbocycles. The van der Waals surface area contributed by atoms with Crippen molar-refractivity contribution < 1.29 is 32.5 Å². The van der Waals surface area contributed by atoms with E-state index >= 15 is 0 Å². The van der Waals surface area contributed by atoms with E-state index in [2.05, 4.69) is 10.3 Å². The fourth-order valence-electron chi connectivity index (χ4n) is 5.50. The first-order chi connectivity index (χ1) is 14.6. The SMILES string of the molecule is COc1cc([C@@]23C[C@]2(C(=O)Nc2cc(C(F)(F)F)ccc2C)[C@H]2C[C@H](O)[C@@H]3O2)ccn1. The second-order valence-corrected chi connectivity index (χ2v) is 8.54. The van der Waals surface area contributed by atoms with E-state index in [1.165, 1.54) is 13.2 Å². The lowest BCUT2D eigenvalue weighted by atomic mass is 9.74. The molecule has 2 saturated heterocycles. The highest BCUT2D eigenvalue weighted by molar-refractivity contribution is 6.01. The largest absolute Gasteiger partial charge is 0.481 e. The number of nitrogens with one attached hydrogen (secondary N) is 1. The summed E-state index contributed by atoms with van der Waals surface area (Å²) >= 11 is 0. The molecule has 1 saturated carbocycles. The van der Waals surface area contributed by atoms with Crippen LogP contribution >= 0.6 is 0 Å². The third kappa shape index (κ3) is 2.66. The van der Waals surface area contributed by atoms with Gasteiger partial charge in [-0.3, -0.25) is 4.79 Å². The van der Waals surface area contributed by atoms with Gasteiger partial charge in [-0.1, -0.05) is 6.07 Å². The Morgan fingerprint density at radius 1 is 1.32 bits per heavy atom. The molecule has 5 atom stereocenters. The number of nitrogens with zero attached hydrogens (tertiary/aromatic N) is 1. The highest BCUT2D eigenvalue weighted by Crippen LogP contribution is 2.77. The van der Waals surface area contributed by atoms with E-state index in [4.69, 9.17) is 9.47 Å². The number of hydrogen-bond donors (Lipinski definition) is 2. The molecule has 0 radical (unpaired) electrons. The molecule has 1 amide bonds. The number of alkyl halides is 3. The van der Waals surface area contributed by atoms with Gasteiger partial charge in [0.2, 0.25) is 11.8 Å². The van der Waals surface area contributed by atoms with Crippen molar-refractivity contribution in [3.8, 4) is 5.88 Å². The van der Waals surface area contributed by atoms with Crippen molar-refractivity contribution in [2.24, 2.45) is 5.41 Å². The molecule has 2 N–H and O–H groups in total. The summed E-state index contributed by atoms with van der Waals surface area (Å²) in [6.07, 6.45) is -4.01. The minimum absolute atomic E-state index is 0.116. The van der Waals surface area contributed by atoms with Crippen molar-refractivity contribution in [2.75, 3.05) is 12.4 Å². The monoisotopic (exact) mass is 434 g/mol. The summed E-state index contributed by atoms with van der Waals surface area (Å²) < 4.78 is 50.7. The van der Waals surface area contributed by atoms with Gasteiger partial charge >= 0.3 is 6.18 Å². The van der Waals surface area contributed by atoms with E-state index < -0.39 is 46.8 Å². The molecular formula is C22H21F3N2O4. The van der Waals surface area contributed by atoms with Crippen LogP contribution in [0, 0.1) is 12.3 Å². The van der Waals surface area contributed by atoms with E-state index in [-0.39, 0.29) is 5.69 Å². The molecule has 3 heterocycles. The van der Waals surface area contributed by atoms with E-state index in [9.17, 15) is 23.1 Å². The number of carbonyl (C=O) groups excluding carboxylic acids is 1. The van der Waals surface area contributed by atoms with Crippen molar-refractivity contribution >= 4 is 11.6 Å². The number of carbonyl (C=O) groups is 1. The fraction of sp³-hybridized carbons (Fsp3) is 0.455. The number of ether oxygens (including phenoxy) is 2. The van der Waals surface area contributed by atoms with Crippen molar-refractivity contribution in [2.45, 2.75) is 49.7 Å². The molecule has 2 bridgehead atoms. The number of fused-ring (bicyclic) bond motifs is 5. The molecule has 6 nitrogen and oxygen atoms in total. The number of halogens is 3. The number of hydrogen-bond acceptors (Lipinski definition) is 5. The summed E-state index contributed by atoms with van der Waals surface area (Å²) in [6.45, 7) is 1.64. The Morgan fingerprint density at radius 3 is 2.81 bits per heavy atom. The first-order valence-corrected chi connectivity index (χ1v) is 9.97. The highest BCUT2D eigenvalue weighted by Gasteiger charge is 2.87. The standard InChI is InChI=1S/C22H21F3N2O4/c1-11-3-4-13(22(23,24)25)7-14(11)27-19(29)21-10-20(21,18-15(28)9-16(21)31-18)12-5-6-26-17(8-12)30-2/h3-8,15-16,18,28H,9-10H2,1-2H3,(H,27,29)/t15-,16+,18-,20+,21+/m0/s1. The molecule has 3 aliphatic rings. The molecule has 2 aliphatic heterocycles. The Kier molecular flexibility index (Phi) is 4.20. The minimum Gasteiger partial charge on any atom is -0.481 e. The average molecular weight is 434 g/mol. The molecule has 2 aromatic rings. The van der Waals surface area contributed by atoms with Crippen LogP contribution in [0.1, 0.15) is 29.5 Å². The Labute approximate surface area is 176 Å². The highest BCUT2D eigenvalue weighted by atomic mass is 19.4. The molecule has 1 aromatic heterocycles. The molecule has 3 fully saturated rings. The lowest BCUT2D eigenvalue weighted by molar-refractivity contribution is -0.137. The summed E-state index contributed by atoms with van der Waals surface area (Å²) in [7, 11) is 1.49. The minimum atomic E-state index is -4.51. The smallest absolute Gasteiger partial charge is 0.416 e. The van der Waals surface area contributed by atoms with Crippen LogP contribution in [0.5, 0.6) is 5.88 Å². The Hall–Kier alpha value is -2.65. The number of anilines is 1. The molecule has 9 heteroatoms. The zero-order valence-electron chi connectivity index (χ0n) is 16.9. The number of benzene rings is 1. The van der Waals surface area contributed by atoms with Crippen LogP contribution in [0.2, 0.25) is 0 Å². The van der Waals surface area contributed by atoms with Gasteiger partial charge in [0.1, 0.15) is 0 Å². The van der Waals surface area contributed by atoms with Gasteiger partial charge in [0.05, 0.1) is 36.4 Å². The summed E-state index contributed by atoms with van der Waals surface area (Å²) in [4.78, 5) is 17.6. The topological polar surface area (TPSA) is 80.7 Å². The van der Waals surface area contributed by atoms with Crippen molar-refractivity contribution in [1.29, 1.82) is 0 Å². The van der Waals surface area contributed by atoms with Gasteiger partial charge < -0.3 is 19.9 Å². The zero-order valence-corrected chi connectivity index (χ0v) is 16.9. The number of rotatable bonds is 4. The second-order valence-electron chi connectivity index (χ2n) is 8.54. The quantitative estimate of drug-likeness (QED) is 0.773. The van der Waals surface area contributed by atoms with Gasteiger partial charge in [-0.05, 0) is 42.7 Å². The van der Waals surface area contributed by atoms with E-state index in [0.717, 1.165) is 17.7 Å². The maximum absolute atomic E-state index is 13.5. The van der Waals surface area contributed by atoms with Gasteiger partial charge in [-0.25, -0.2) is 4.98 Å². The molecular weight excluding hydrogens is 413 g/mol. The lowest BCUT2D eigenvalue weighted by Gasteiger charge is -2.29. The Morgan fingerprint density at radius 2 is 2.10 bits per heavy atom. The van der Waals surface area contributed by atoms with E-state index in [1.54, 1.807) is 25.3 Å². The van der Waals surface area contributed by atoms with Crippen LogP contribution in [0.25, 0.3) is 0 Å². The average Bonchev–Trinajstić information content (AvgIpc) is 3.22. The fourth-order valence-corrected chi connectivity index (χ4v) is 5.50. The van der Waals surface area contributed by atoms with Gasteiger partial charge in [-0.15, -0.1) is 0 Å². The molecule has 0 spiro atoms. The molecule has 164 valence electrons. The maximum Gasteiger partial charge on any atom is 0.416 e. The number of aliphatic hydroxyl groups excluding tert-OH is 1. The predicted molar refractivity (Wildman–Crippen MR) is 104 cm³/mol. The Bertz CT molecular complexity index is 1070. The van der Waals surface area contributed by atoms with E-state index in [0.29, 0.717) is 24.3 Å². The van der Waals surface area contributed by atoms with Crippen LogP contribution in [0.4, 0.5) is 18.9 Å². The van der Waals surface area contributed by atoms with Gasteiger partial charge in [0.25, 0.3) is 0 Å². The number of pyridine rings is 1. The van der Waals surface area contributed by atoms with Crippen LogP contribution in [-0.4, -0.2) is 41.4 Å². The van der Waals surface area contributed by atoms with Crippen LogP contribution in [0.15, 0.2) is 36.5 Å². The summed E-state index contributed by atoms with van der Waals surface area (Å²) in [5, 5.41) is 13.2. The zero-order chi connectivity index (χ0) is 22.2. The summed E-state index contributed by atoms with van der Waals surface area (Å²) in [5.41, 5.74) is -1.16. The first-order valence-electron chi connectivity index (χ1n) is 9.97. The van der Waals surface area contributed by atoms with Crippen LogP contribution in [0.3, 0.4) is 0 Å². The number of amides is 1. The maximum atomic E-state index is 13.5. The van der Waals surface area contributed by atoms with Crippen molar-refractivity contribution in [1.82, 2.24) is 4.98 Å². The number of methoxy groups -OCH3 is 1. The molecule has 31 heavy (non-hydrogen) atoms. The molecule has 1 aliphatic carbocycles. The third-order valence-electron chi connectivity index (χ3n) is 7.06. The first kappa shape index (κ1) is 20.3. The van der Waals surface area contributed by atoms with Gasteiger partial charge in [-0.2, -0.15) is 13.2 Å². The van der Waals surface area contributed by atoms with E-state index in [1.807, 2.05) is 0 Å². The third-order valence-corrected chi connectivity index (χ3v) is 7.06. The number of aromatic nitrogens is 1. The van der Waals surface area contributed by atoms with Crippen LogP contribution in [-0.2, 0) is 21.1 Å². The molecule has 5 rings (SSSR count). The van der Waals surface area contributed by atoms with Gasteiger partial charge in [0, 0.05) is 29.8 Å². The predicted octanol–water partition coefficient (Wildman–Crippen LogP) is 3.22. The number of aliphatic hydroxyl groups is 1. The normalized spacial score (nSPS) is 33.2. The summed E-state index contributed by atoms with van der Waals surface area (Å²) in [5.74, 6) is -0.0239. The Balaban J connectivity index is 1.52.